The molecule has 5 rings (SSSR count). The van der Waals surface area contributed by atoms with Gasteiger partial charge >= 0.3 is 13.1 Å². The minimum atomic E-state index is -1.39. The van der Waals surface area contributed by atoms with Gasteiger partial charge in [0, 0.05) is 28.6 Å². The van der Waals surface area contributed by atoms with Crippen molar-refractivity contribution in [2.45, 2.75) is 98.6 Å². The number of hydrogen-bond donors (Lipinski definition) is 2. The molecule has 4 aliphatic rings. The van der Waals surface area contributed by atoms with Gasteiger partial charge < -0.3 is 29.1 Å². The molecule has 8 atom stereocenters. The molecule has 0 unspecified atom stereocenters. The molecule has 1 aromatic rings. The first-order valence-electron chi connectivity index (χ1n) is 15.1. The van der Waals surface area contributed by atoms with Gasteiger partial charge in [0.1, 0.15) is 18.0 Å². The van der Waals surface area contributed by atoms with Crippen LogP contribution in [0.2, 0.25) is 0 Å². The Morgan fingerprint density at radius 3 is 2.74 bits per heavy atom. The molecule has 3 saturated carbocycles. The van der Waals surface area contributed by atoms with E-state index in [4.69, 9.17) is 19.0 Å². The lowest BCUT2D eigenvalue weighted by molar-refractivity contribution is -0.205. The summed E-state index contributed by atoms with van der Waals surface area (Å²) >= 11 is 0. The Morgan fingerprint density at radius 2 is 2.02 bits per heavy atom. The molecule has 230 valence electrons. The van der Waals surface area contributed by atoms with E-state index in [2.05, 4.69) is 12.1 Å². The molecule has 0 spiro atoms. The van der Waals surface area contributed by atoms with E-state index in [1.807, 2.05) is 34.6 Å². The van der Waals surface area contributed by atoms with Gasteiger partial charge in [-0.2, -0.15) is 0 Å². The number of halogens is 1. The van der Waals surface area contributed by atoms with E-state index >= 15 is 4.39 Å². The van der Waals surface area contributed by atoms with Crippen LogP contribution in [-0.4, -0.2) is 60.1 Å². The molecule has 2 N–H and O–H groups in total. The van der Waals surface area contributed by atoms with Crippen molar-refractivity contribution < 1.29 is 43.1 Å². The summed E-state index contributed by atoms with van der Waals surface area (Å²) in [5.41, 5.74) is -1.54. The Kier molecular flexibility index (Phi) is 8.26. The number of aliphatic hydroxyl groups excluding tert-OH is 1. The number of fused-ring (bicyclic) bond motifs is 1. The van der Waals surface area contributed by atoms with E-state index in [0.717, 1.165) is 12.8 Å². The third kappa shape index (κ3) is 4.95. The van der Waals surface area contributed by atoms with Crippen LogP contribution in [-0.2, 0) is 30.4 Å². The average Bonchev–Trinajstić information content (AvgIpc) is 3.49. The number of aliphatic hydroxyl groups is 1. The van der Waals surface area contributed by atoms with E-state index in [0.29, 0.717) is 18.4 Å². The summed E-state index contributed by atoms with van der Waals surface area (Å²) in [5.74, 6) is -2.05. The van der Waals surface area contributed by atoms with Crippen molar-refractivity contribution in [2.75, 3.05) is 6.61 Å². The number of benzene rings is 1. The highest BCUT2D eigenvalue weighted by Gasteiger charge is 2.68. The molecule has 9 nitrogen and oxygen atoms in total. The second kappa shape index (κ2) is 11.2. The molecular weight excluding hydrogens is 544 g/mol. The van der Waals surface area contributed by atoms with Gasteiger partial charge in [0.05, 0.1) is 18.9 Å². The molecular formula is C31H43BFNO8. The summed E-state index contributed by atoms with van der Waals surface area (Å²) in [6.45, 7) is 11.3. The zero-order chi connectivity index (χ0) is 30.6. The van der Waals surface area contributed by atoms with Crippen molar-refractivity contribution in [3.63, 3.8) is 0 Å². The maximum atomic E-state index is 15.0. The van der Waals surface area contributed by atoms with Crippen molar-refractivity contribution >= 4 is 30.5 Å². The number of Topliss-reactive ketones (excluding diaryl/α,β-unsaturated/α-hetero) is 1. The quantitative estimate of drug-likeness (QED) is 0.215. The van der Waals surface area contributed by atoms with Gasteiger partial charge in [-0.3, -0.25) is 4.79 Å². The minimum absolute atomic E-state index is 0.00212. The highest BCUT2D eigenvalue weighted by Crippen LogP contribution is 2.67. The second-order valence-electron chi connectivity index (χ2n) is 13.7. The number of carbonyl (C=O) groups excluding carboxylic acids is 2. The van der Waals surface area contributed by atoms with Gasteiger partial charge in [0.15, 0.2) is 18.2 Å². The van der Waals surface area contributed by atoms with Crippen LogP contribution < -0.4 is 10.2 Å². The standard InChI is InChI=1S/C31H43BFNO8/c1-17(2)42-34-16-29(5)13-23(41-24(36)15-39-22-8-7-20-14-40-32(38)25(20)26(22)33)30(6)18(3)9-11-31(19(4)28(29)37)12-10-21(35)27(30)31/h7-8,16-19,23,27-28,37-38H,9-15H2,1-6H3/b34-16-/t18-,19+,23-,27+,28+,29+,30+,31+/m1/s1. The van der Waals surface area contributed by atoms with Crippen molar-refractivity contribution in [3.05, 3.63) is 23.5 Å². The van der Waals surface area contributed by atoms with Crippen LogP contribution in [0.1, 0.15) is 79.2 Å². The first kappa shape index (κ1) is 30.9. The molecule has 3 aliphatic carbocycles. The number of esters is 1. The van der Waals surface area contributed by atoms with Crippen LogP contribution in [0.4, 0.5) is 4.39 Å². The summed E-state index contributed by atoms with van der Waals surface area (Å²) < 4.78 is 31.9. The Bertz CT molecular complexity index is 1260. The first-order chi connectivity index (χ1) is 19.7. The van der Waals surface area contributed by atoms with E-state index < -0.39 is 54.0 Å². The first-order valence-corrected chi connectivity index (χ1v) is 15.1. The monoisotopic (exact) mass is 587 g/mol. The fourth-order valence-corrected chi connectivity index (χ4v) is 8.40. The van der Waals surface area contributed by atoms with Gasteiger partial charge in [0.2, 0.25) is 0 Å². The third-order valence-corrected chi connectivity index (χ3v) is 11.0. The van der Waals surface area contributed by atoms with Crippen LogP contribution in [0, 0.1) is 39.8 Å². The SMILES string of the molecule is CC(C)O/N=C\[C@]1(C)C[C@@H](OC(=O)COc2ccc3c(c2F)B(O)OC3)[C@]2(C)[C@H](C)CC[C@]3(CCC(=O)[C@H]32)[C@@H](C)[C@@H]1O. The number of ketones is 1. The number of hydrogen-bond acceptors (Lipinski definition) is 9. The fourth-order valence-electron chi connectivity index (χ4n) is 8.40. The normalized spacial score (nSPS) is 37.8. The van der Waals surface area contributed by atoms with Crippen LogP contribution in [0.5, 0.6) is 5.75 Å². The molecule has 0 radical (unpaired) electrons. The number of carbonyl (C=O) groups is 2. The zero-order valence-corrected chi connectivity index (χ0v) is 25.4. The third-order valence-electron chi connectivity index (χ3n) is 11.0. The second-order valence-corrected chi connectivity index (χ2v) is 13.7. The lowest BCUT2D eigenvalue weighted by atomic mass is 9.44. The molecule has 2 bridgehead atoms. The van der Waals surface area contributed by atoms with E-state index in [-0.39, 0.29) is 53.9 Å². The fraction of sp³-hybridized carbons (Fsp3) is 0.710. The average molecular weight is 587 g/mol. The molecule has 0 saturated heterocycles. The topological polar surface area (TPSA) is 124 Å². The predicted octanol–water partition coefficient (Wildman–Crippen LogP) is 3.55. The predicted molar refractivity (Wildman–Crippen MR) is 153 cm³/mol. The van der Waals surface area contributed by atoms with Gasteiger partial charge in [-0.15, -0.1) is 0 Å². The number of ether oxygens (including phenoxy) is 2. The molecule has 0 amide bonds. The van der Waals surface area contributed by atoms with Gasteiger partial charge in [-0.1, -0.05) is 38.9 Å². The van der Waals surface area contributed by atoms with Crippen LogP contribution in [0.25, 0.3) is 0 Å². The molecule has 0 aromatic heterocycles. The summed E-state index contributed by atoms with van der Waals surface area (Å²) in [5, 5.41) is 26.1. The Balaban J connectivity index is 1.47. The lowest BCUT2D eigenvalue weighted by Crippen LogP contribution is -2.63. The molecule has 1 aromatic carbocycles. The van der Waals surface area contributed by atoms with E-state index in [1.54, 1.807) is 12.3 Å². The summed E-state index contributed by atoms with van der Waals surface area (Å²) in [6, 6.07) is 2.99. The summed E-state index contributed by atoms with van der Waals surface area (Å²) in [6.07, 6.45) is 2.83. The maximum Gasteiger partial charge on any atom is 0.494 e. The number of nitrogens with zero attached hydrogens (tertiary/aromatic N) is 1. The number of oxime groups is 1. The Hall–Kier alpha value is -2.50. The van der Waals surface area contributed by atoms with Gasteiger partial charge in [-0.25, -0.2) is 9.18 Å². The maximum absolute atomic E-state index is 15.0. The molecule has 1 aliphatic heterocycles. The highest BCUT2D eigenvalue weighted by atomic mass is 19.1. The van der Waals surface area contributed by atoms with E-state index in [9.17, 15) is 19.7 Å². The number of rotatable bonds is 7. The summed E-state index contributed by atoms with van der Waals surface area (Å²) in [7, 11) is -1.39. The van der Waals surface area contributed by atoms with Gasteiger partial charge in [0.25, 0.3) is 0 Å². The molecule has 42 heavy (non-hydrogen) atoms. The smallest absolute Gasteiger partial charge is 0.479 e. The highest BCUT2D eigenvalue weighted by molar-refractivity contribution is 6.61. The van der Waals surface area contributed by atoms with Crippen molar-refractivity contribution in [1.29, 1.82) is 0 Å². The Morgan fingerprint density at radius 1 is 1.29 bits per heavy atom. The van der Waals surface area contributed by atoms with Crippen LogP contribution >= 0.6 is 0 Å². The minimum Gasteiger partial charge on any atom is -0.479 e. The van der Waals surface area contributed by atoms with Crippen molar-refractivity contribution in [3.8, 4) is 5.75 Å². The van der Waals surface area contributed by atoms with Crippen LogP contribution in [0.3, 0.4) is 0 Å². The summed E-state index contributed by atoms with van der Waals surface area (Å²) in [4.78, 5) is 32.5. The lowest BCUT2D eigenvalue weighted by Gasteiger charge is -2.61. The van der Waals surface area contributed by atoms with Gasteiger partial charge in [-0.05, 0) is 68.4 Å². The van der Waals surface area contributed by atoms with E-state index in [1.165, 1.54) is 6.07 Å². The van der Waals surface area contributed by atoms with Crippen molar-refractivity contribution in [2.24, 2.45) is 39.2 Å². The Labute approximate surface area is 247 Å². The molecule has 1 heterocycles. The van der Waals surface area contributed by atoms with Crippen LogP contribution in [0.15, 0.2) is 17.3 Å². The van der Waals surface area contributed by atoms with Crippen molar-refractivity contribution in [1.82, 2.24) is 0 Å². The molecule has 11 heteroatoms. The largest absolute Gasteiger partial charge is 0.494 e. The zero-order valence-electron chi connectivity index (χ0n) is 25.4. The molecule has 3 fully saturated rings.